The van der Waals surface area contributed by atoms with Crippen LogP contribution in [0.2, 0.25) is 0 Å². The van der Waals surface area contributed by atoms with Gasteiger partial charge in [-0.15, -0.1) is 11.8 Å². The van der Waals surface area contributed by atoms with E-state index in [2.05, 4.69) is 5.32 Å². The molecule has 5 heteroatoms. The van der Waals surface area contributed by atoms with E-state index in [1.807, 2.05) is 13.8 Å². The number of carbonyl (C=O) groups excluding carboxylic acids is 2. The molecule has 0 aliphatic heterocycles. The van der Waals surface area contributed by atoms with Crippen LogP contribution in [0.4, 0.5) is 4.39 Å². The van der Waals surface area contributed by atoms with Gasteiger partial charge in [-0.25, -0.2) is 4.39 Å². The Labute approximate surface area is 132 Å². The fraction of sp³-hybridized carbons (Fsp3) is 0.500. The second-order valence-corrected chi connectivity index (χ2v) is 5.16. The molecule has 0 aliphatic rings. The van der Waals surface area contributed by atoms with Crippen molar-refractivity contribution in [2.75, 3.05) is 12.3 Å². The lowest BCUT2D eigenvalue weighted by Crippen LogP contribution is -2.26. The average Bonchev–Trinajstić information content (AvgIpc) is 2.52. The highest BCUT2D eigenvalue weighted by Gasteiger charge is 2.02. The summed E-state index contributed by atoms with van der Waals surface area (Å²) in [6.45, 7) is 4.64. The number of carbonyl (C=O) groups is 2. The predicted octanol–water partition coefficient (Wildman–Crippen LogP) is 4.07. The molecule has 0 saturated heterocycles. The Kier molecular flexibility index (Phi) is 12.7. The summed E-state index contributed by atoms with van der Waals surface area (Å²) in [6, 6.07) is 6.08. The van der Waals surface area contributed by atoms with Gasteiger partial charge in [-0.05, 0) is 37.1 Å². The highest BCUT2D eigenvalue weighted by molar-refractivity contribution is 8.00. The van der Waals surface area contributed by atoms with Crippen LogP contribution >= 0.6 is 11.8 Å². The molecule has 0 heterocycles. The number of amides is 1. The van der Waals surface area contributed by atoms with Gasteiger partial charge in [0, 0.05) is 19.3 Å². The SMILES string of the molecule is CC.O=CCCCCCNC(=O)CSc1ccc(F)cc1.[HH]. The third kappa shape index (κ3) is 11.0. The molecule has 0 atom stereocenters. The van der Waals surface area contributed by atoms with Crippen molar-refractivity contribution in [2.24, 2.45) is 0 Å². The Balaban J connectivity index is 0. The number of halogens is 1. The maximum absolute atomic E-state index is 12.7. The molecule has 0 aliphatic carbocycles. The first kappa shape index (κ1) is 19.6. The third-order valence-electron chi connectivity index (χ3n) is 2.50. The van der Waals surface area contributed by atoms with Crippen LogP contribution in [0.3, 0.4) is 0 Å². The number of hydrogen-bond acceptors (Lipinski definition) is 3. The summed E-state index contributed by atoms with van der Waals surface area (Å²) < 4.78 is 12.7. The molecule has 1 aromatic carbocycles. The lowest BCUT2D eigenvalue weighted by Gasteiger charge is -2.04. The molecule has 0 unspecified atom stereocenters. The molecule has 1 aromatic rings. The average molecular weight is 315 g/mol. The third-order valence-corrected chi connectivity index (χ3v) is 3.52. The zero-order valence-corrected chi connectivity index (χ0v) is 13.5. The van der Waals surface area contributed by atoms with Gasteiger partial charge in [0.2, 0.25) is 5.91 Å². The highest BCUT2D eigenvalue weighted by Crippen LogP contribution is 2.17. The Morgan fingerprint density at radius 3 is 2.52 bits per heavy atom. The van der Waals surface area contributed by atoms with Crippen molar-refractivity contribution in [2.45, 2.75) is 44.4 Å². The van der Waals surface area contributed by atoms with Crippen molar-refractivity contribution in [1.82, 2.24) is 5.32 Å². The molecular formula is C16H26FNO2S. The predicted molar refractivity (Wildman–Crippen MR) is 88.1 cm³/mol. The first-order chi connectivity index (χ1) is 10.2. The van der Waals surface area contributed by atoms with Crippen LogP contribution in [0.5, 0.6) is 0 Å². The molecule has 0 saturated carbocycles. The summed E-state index contributed by atoms with van der Waals surface area (Å²) in [5.41, 5.74) is 0. The van der Waals surface area contributed by atoms with Crippen molar-refractivity contribution in [3.8, 4) is 0 Å². The van der Waals surface area contributed by atoms with E-state index in [-0.39, 0.29) is 13.2 Å². The lowest BCUT2D eigenvalue weighted by atomic mass is 10.2. The van der Waals surface area contributed by atoms with Crippen LogP contribution < -0.4 is 5.32 Å². The first-order valence-corrected chi connectivity index (χ1v) is 8.29. The Morgan fingerprint density at radius 1 is 1.24 bits per heavy atom. The number of benzene rings is 1. The van der Waals surface area contributed by atoms with Gasteiger partial charge in [-0.1, -0.05) is 20.3 Å². The molecule has 0 bridgehead atoms. The molecule has 0 aromatic heterocycles. The highest BCUT2D eigenvalue weighted by atomic mass is 32.2. The topological polar surface area (TPSA) is 46.2 Å². The number of unbranched alkanes of at least 4 members (excludes halogenated alkanes) is 3. The molecule has 0 radical (unpaired) electrons. The van der Waals surface area contributed by atoms with Crippen LogP contribution in [0, 0.1) is 5.82 Å². The van der Waals surface area contributed by atoms with Crippen molar-refractivity contribution in [1.29, 1.82) is 0 Å². The van der Waals surface area contributed by atoms with Crippen LogP contribution in [0.25, 0.3) is 0 Å². The molecular weight excluding hydrogens is 289 g/mol. The molecule has 0 spiro atoms. The van der Waals surface area contributed by atoms with Crippen LogP contribution in [-0.2, 0) is 9.59 Å². The summed E-state index contributed by atoms with van der Waals surface area (Å²) in [7, 11) is 0. The second kappa shape index (κ2) is 13.6. The summed E-state index contributed by atoms with van der Waals surface area (Å²) in [5, 5.41) is 2.82. The van der Waals surface area contributed by atoms with Gasteiger partial charge in [0.15, 0.2) is 0 Å². The molecule has 1 rings (SSSR count). The maximum atomic E-state index is 12.7. The fourth-order valence-corrected chi connectivity index (χ4v) is 2.22. The Morgan fingerprint density at radius 2 is 1.90 bits per heavy atom. The minimum absolute atomic E-state index is 0. The zero-order chi connectivity index (χ0) is 15.9. The summed E-state index contributed by atoms with van der Waals surface area (Å²) in [4.78, 5) is 22.5. The minimum atomic E-state index is -0.274. The molecule has 21 heavy (non-hydrogen) atoms. The van der Waals surface area contributed by atoms with Gasteiger partial charge in [0.1, 0.15) is 12.1 Å². The van der Waals surface area contributed by atoms with E-state index in [4.69, 9.17) is 0 Å². The first-order valence-electron chi connectivity index (χ1n) is 7.31. The van der Waals surface area contributed by atoms with E-state index in [9.17, 15) is 14.0 Å². The van der Waals surface area contributed by atoms with E-state index in [0.717, 1.165) is 30.4 Å². The van der Waals surface area contributed by atoms with E-state index in [0.29, 0.717) is 18.7 Å². The Bertz CT molecular complexity index is 402. The van der Waals surface area contributed by atoms with Gasteiger partial charge in [0.05, 0.1) is 5.75 Å². The van der Waals surface area contributed by atoms with E-state index < -0.39 is 0 Å². The Hall–Kier alpha value is -1.36. The fourth-order valence-electron chi connectivity index (χ4n) is 1.49. The second-order valence-electron chi connectivity index (χ2n) is 4.11. The molecule has 3 nitrogen and oxygen atoms in total. The summed E-state index contributed by atoms with van der Waals surface area (Å²) in [5.74, 6) is 0.0359. The summed E-state index contributed by atoms with van der Waals surface area (Å²) >= 11 is 1.38. The molecule has 120 valence electrons. The van der Waals surface area contributed by atoms with Crippen molar-refractivity contribution in [3.05, 3.63) is 30.1 Å². The van der Waals surface area contributed by atoms with Gasteiger partial charge in [0.25, 0.3) is 0 Å². The van der Waals surface area contributed by atoms with Gasteiger partial charge >= 0.3 is 0 Å². The maximum Gasteiger partial charge on any atom is 0.230 e. The van der Waals surface area contributed by atoms with Gasteiger partial charge in [-0.2, -0.15) is 0 Å². The van der Waals surface area contributed by atoms with E-state index in [1.54, 1.807) is 12.1 Å². The molecule has 1 N–H and O–H groups in total. The zero-order valence-electron chi connectivity index (χ0n) is 12.7. The smallest absolute Gasteiger partial charge is 0.230 e. The van der Waals surface area contributed by atoms with Gasteiger partial charge in [-0.3, -0.25) is 4.79 Å². The lowest BCUT2D eigenvalue weighted by molar-refractivity contribution is -0.118. The normalized spacial score (nSPS) is 9.48. The monoisotopic (exact) mass is 315 g/mol. The summed E-state index contributed by atoms with van der Waals surface area (Å²) in [6.07, 6.45) is 4.22. The molecule has 0 fully saturated rings. The molecule has 1 amide bonds. The van der Waals surface area contributed by atoms with Crippen molar-refractivity contribution >= 4 is 24.0 Å². The standard InChI is InChI=1S/C14H18FNO2S.C2H6.H2/c15-12-5-7-13(8-6-12)19-11-14(18)16-9-3-1-2-4-10-17;1-2;/h5-8,10H,1-4,9,11H2,(H,16,18);1-2H3;1H. The quantitative estimate of drug-likeness (QED) is 0.424. The van der Waals surface area contributed by atoms with E-state index >= 15 is 0 Å². The number of thioether (sulfide) groups is 1. The number of rotatable bonds is 9. The van der Waals surface area contributed by atoms with Gasteiger partial charge < -0.3 is 10.1 Å². The van der Waals surface area contributed by atoms with Crippen molar-refractivity contribution in [3.63, 3.8) is 0 Å². The number of aldehydes is 1. The number of nitrogens with one attached hydrogen (secondary N) is 1. The largest absolute Gasteiger partial charge is 0.355 e. The van der Waals surface area contributed by atoms with Crippen LogP contribution in [0.15, 0.2) is 29.2 Å². The number of hydrogen-bond donors (Lipinski definition) is 1. The van der Waals surface area contributed by atoms with Crippen LogP contribution in [0.1, 0.15) is 41.0 Å². The van der Waals surface area contributed by atoms with Crippen molar-refractivity contribution < 1.29 is 15.4 Å². The van der Waals surface area contributed by atoms with E-state index in [1.165, 1.54) is 23.9 Å². The van der Waals surface area contributed by atoms with Crippen LogP contribution in [-0.4, -0.2) is 24.5 Å². The minimum Gasteiger partial charge on any atom is -0.355 e.